The number of carbonyl (C=O) groups is 3. The van der Waals surface area contributed by atoms with Crippen LogP contribution in [0.3, 0.4) is 0 Å². The first kappa shape index (κ1) is 28.7. The van der Waals surface area contributed by atoms with Crippen molar-refractivity contribution in [3.05, 3.63) is 120 Å². The minimum absolute atomic E-state index is 0.197. The maximum atomic E-state index is 13.5. The zero-order valence-corrected chi connectivity index (χ0v) is 24.0. The van der Waals surface area contributed by atoms with Gasteiger partial charge in [-0.3, -0.25) is 9.36 Å². The highest BCUT2D eigenvalue weighted by Crippen LogP contribution is 2.45. The van der Waals surface area contributed by atoms with Crippen LogP contribution in [0.1, 0.15) is 57.6 Å². The summed E-state index contributed by atoms with van der Waals surface area (Å²) in [7, 11) is 0. The lowest BCUT2D eigenvalue weighted by Crippen LogP contribution is -2.49. The molecule has 1 N–H and O–H groups in total. The molecule has 5 aromatic rings. The van der Waals surface area contributed by atoms with Crippen molar-refractivity contribution in [3.63, 3.8) is 0 Å². The van der Waals surface area contributed by atoms with Crippen LogP contribution in [0.15, 0.2) is 104 Å². The Morgan fingerprint density at radius 3 is 2.05 bits per heavy atom. The Labute approximate surface area is 252 Å². The number of fused-ring (bicyclic) bond motifs is 1. The van der Waals surface area contributed by atoms with Gasteiger partial charge in [0.05, 0.1) is 17.5 Å². The third kappa shape index (κ3) is 5.40. The van der Waals surface area contributed by atoms with Crippen LogP contribution in [-0.4, -0.2) is 55.2 Å². The van der Waals surface area contributed by atoms with E-state index in [9.17, 15) is 14.4 Å². The van der Waals surface area contributed by atoms with Crippen LogP contribution in [0.4, 0.5) is 5.82 Å². The van der Waals surface area contributed by atoms with Crippen LogP contribution in [-0.2, 0) is 14.2 Å². The van der Waals surface area contributed by atoms with E-state index in [4.69, 9.17) is 14.2 Å². The lowest BCUT2D eigenvalue weighted by molar-refractivity contribution is -0.108. The van der Waals surface area contributed by atoms with Crippen LogP contribution in [0, 0.1) is 0 Å². The quantitative estimate of drug-likeness (QED) is 0.241. The number of carbonyl (C=O) groups excluding carboxylic acids is 3. The van der Waals surface area contributed by atoms with Crippen molar-refractivity contribution < 1.29 is 28.6 Å². The molecule has 3 heterocycles. The normalized spacial score (nSPS) is 21.1. The zero-order valence-electron chi connectivity index (χ0n) is 24.0. The summed E-state index contributed by atoms with van der Waals surface area (Å²) >= 11 is 0. The van der Waals surface area contributed by atoms with Gasteiger partial charge in [0.2, 0.25) is 0 Å². The molecule has 1 aliphatic rings. The Kier molecular flexibility index (Phi) is 7.86. The molecule has 4 atom stereocenters. The molecule has 1 aliphatic heterocycles. The molecule has 0 bridgehead atoms. The average molecular weight is 592 g/mol. The summed E-state index contributed by atoms with van der Waals surface area (Å²) in [5, 5.41) is 2.79. The molecule has 11 heteroatoms. The Morgan fingerprint density at radius 1 is 0.841 bits per heavy atom. The molecule has 1 fully saturated rings. The number of nitrogens with zero attached hydrogens (tertiary/aromatic N) is 4. The molecule has 2 aromatic heterocycles. The molecule has 0 radical (unpaired) electrons. The number of ether oxygens (including phenoxy) is 3. The molecule has 1 unspecified atom stereocenters. The summed E-state index contributed by atoms with van der Waals surface area (Å²) in [5.41, 5.74) is 0.220. The Morgan fingerprint density at radius 2 is 1.43 bits per heavy atom. The van der Waals surface area contributed by atoms with E-state index in [1.165, 1.54) is 12.7 Å². The predicted molar refractivity (Wildman–Crippen MR) is 160 cm³/mol. The number of benzene rings is 3. The molecule has 0 saturated carbocycles. The van der Waals surface area contributed by atoms with Gasteiger partial charge in [0.15, 0.2) is 34.9 Å². The Hall–Kier alpha value is -5.42. The largest absolute Gasteiger partial charge is 0.452 e. The fourth-order valence-corrected chi connectivity index (χ4v) is 5.31. The molecule has 11 nitrogen and oxygen atoms in total. The Balaban J connectivity index is 1.39. The highest BCUT2D eigenvalue weighted by molar-refractivity contribution is 6.06. The lowest BCUT2D eigenvalue weighted by Gasteiger charge is -2.34. The molecular weight excluding hydrogens is 562 g/mol. The number of imidazole rings is 1. The van der Waals surface area contributed by atoms with E-state index in [2.05, 4.69) is 20.3 Å². The summed E-state index contributed by atoms with van der Waals surface area (Å²) in [6, 6.07) is 25.8. The molecular formula is C33H29N5O6. The first-order chi connectivity index (χ1) is 21.4. The van der Waals surface area contributed by atoms with E-state index in [0.717, 1.165) is 0 Å². The number of rotatable bonds is 8. The third-order valence-corrected chi connectivity index (χ3v) is 7.54. The van der Waals surface area contributed by atoms with Gasteiger partial charge in [-0.2, -0.15) is 0 Å². The smallest absolute Gasteiger partial charge is 0.338 e. The SMILES string of the molecule is CC[C@H]1O[C@@H](n2cnc3c(NC(=O)c4ccccc4)ncnc32)C(C)(OC(=O)c2ccccc2)[C@H]1OC(=O)c1ccccc1. The maximum absolute atomic E-state index is 13.5. The van der Waals surface area contributed by atoms with Crippen molar-refractivity contribution in [2.45, 2.75) is 44.3 Å². The highest BCUT2D eigenvalue weighted by atomic mass is 16.7. The van der Waals surface area contributed by atoms with Gasteiger partial charge in [0, 0.05) is 5.56 Å². The fourth-order valence-electron chi connectivity index (χ4n) is 5.31. The predicted octanol–water partition coefficient (Wildman–Crippen LogP) is 5.23. The summed E-state index contributed by atoms with van der Waals surface area (Å²) < 4.78 is 20.3. The van der Waals surface area contributed by atoms with Crippen molar-refractivity contribution in [3.8, 4) is 0 Å². The van der Waals surface area contributed by atoms with E-state index < -0.39 is 36.0 Å². The standard InChI is InChI=1S/C33H29N5O6/c1-3-24-26(43-30(40)22-15-9-5-10-16-22)33(2,44-31(41)23-17-11-6-12-18-23)32(42-24)38-20-36-25-27(34-19-35-28(25)38)37-29(39)21-13-7-4-8-14-21/h4-20,24,26,32H,3H2,1-2H3,(H,34,35,37,39)/t24-,26+,32-,33?/m1/s1. The summed E-state index contributed by atoms with van der Waals surface area (Å²) in [4.78, 5) is 52.8. The van der Waals surface area contributed by atoms with Gasteiger partial charge in [-0.1, -0.05) is 61.5 Å². The number of aromatic nitrogens is 4. The molecule has 1 saturated heterocycles. The second-order valence-corrected chi connectivity index (χ2v) is 10.4. The minimum atomic E-state index is -1.52. The first-order valence-corrected chi connectivity index (χ1v) is 14.1. The summed E-state index contributed by atoms with van der Waals surface area (Å²) in [5.74, 6) is -1.36. The molecule has 3 aromatic carbocycles. The van der Waals surface area contributed by atoms with Crippen molar-refractivity contribution >= 4 is 34.8 Å². The number of nitrogens with one attached hydrogen (secondary N) is 1. The number of hydrogen-bond donors (Lipinski definition) is 1. The fraction of sp³-hybridized carbons (Fsp3) is 0.212. The third-order valence-electron chi connectivity index (χ3n) is 7.54. The molecule has 44 heavy (non-hydrogen) atoms. The average Bonchev–Trinajstić information content (AvgIpc) is 3.61. The van der Waals surface area contributed by atoms with Gasteiger partial charge < -0.3 is 19.5 Å². The van der Waals surface area contributed by atoms with Crippen LogP contribution in [0.5, 0.6) is 0 Å². The van der Waals surface area contributed by atoms with E-state index in [-0.39, 0.29) is 11.7 Å². The minimum Gasteiger partial charge on any atom is -0.452 e. The highest BCUT2D eigenvalue weighted by Gasteiger charge is 2.59. The molecule has 0 aliphatic carbocycles. The van der Waals surface area contributed by atoms with Crippen molar-refractivity contribution in [2.75, 3.05) is 5.32 Å². The van der Waals surface area contributed by atoms with Gasteiger partial charge in [-0.15, -0.1) is 0 Å². The van der Waals surface area contributed by atoms with Gasteiger partial charge >= 0.3 is 11.9 Å². The topological polar surface area (TPSA) is 135 Å². The summed E-state index contributed by atoms with van der Waals surface area (Å²) in [6.07, 6.45) is 0.582. The number of anilines is 1. The van der Waals surface area contributed by atoms with E-state index in [1.807, 2.05) is 13.0 Å². The molecule has 6 rings (SSSR count). The second kappa shape index (κ2) is 12.1. The van der Waals surface area contributed by atoms with Crippen molar-refractivity contribution in [2.24, 2.45) is 0 Å². The number of hydrogen-bond acceptors (Lipinski definition) is 9. The maximum Gasteiger partial charge on any atom is 0.338 e. The molecule has 1 amide bonds. The number of esters is 2. The first-order valence-electron chi connectivity index (χ1n) is 14.1. The van der Waals surface area contributed by atoms with E-state index in [0.29, 0.717) is 34.3 Å². The van der Waals surface area contributed by atoms with Gasteiger partial charge in [-0.25, -0.2) is 24.5 Å². The van der Waals surface area contributed by atoms with Gasteiger partial charge in [0.25, 0.3) is 5.91 Å². The molecule has 0 spiro atoms. The van der Waals surface area contributed by atoms with Crippen LogP contribution in [0.2, 0.25) is 0 Å². The van der Waals surface area contributed by atoms with E-state index >= 15 is 0 Å². The van der Waals surface area contributed by atoms with Crippen molar-refractivity contribution in [1.82, 2.24) is 19.5 Å². The van der Waals surface area contributed by atoms with Gasteiger partial charge in [-0.05, 0) is 49.7 Å². The second-order valence-electron chi connectivity index (χ2n) is 10.4. The zero-order chi connectivity index (χ0) is 30.7. The van der Waals surface area contributed by atoms with Crippen LogP contribution >= 0.6 is 0 Å². The number of amides is 1. The Bertz CT molecular complexity index is 1800. The summed E-state index contributed by atoms with van der Waals surface area (Å²) in [6.45, 7) is 3.56. The molecule has 222 valence electrons. The van der Waals surface area contributed by atoms with Crippen LogP contribution < -0.4 is 5.32 Å². The van der Waals surface area contributed by atoms with E-state index in [1.54, 1.807) is 96.4 Å². The lowest BCUT2D eigenvalue weighted by atomic mass is 9.94. The monoisotopic (exact) mass is 591 g/mol. The van der Waals surface area contributed by atoms with Crippen LogP contribution in [0.25, 0.3) is 11.2 Å². The van der Waals surface area contributed by atoms with Gasteiger partial charge in [0.1, 0.15) is 12.4 Å². The van der Waals surface area contributed by atoms with Crippen molar-refractivity contribution in [1.29, 1.82) is 0 Å².